The summed E-state index contributed by atoms with van der Waals surface area (Å²) in [5.74, 6) is -0.116. The summed E-state index contributed by atoms with van der Waals surface area (Å²) in [5, 5.41) is 0.00417. The predicted octanol–water partition coefficient (Wildman–Crippen LogP) is 3.61. The van der Waals surface area contributed by atoms with Gasteiger partial charge in [0.05, 0.1) is 24.3 Å². The first-order chi connectivity index (χ1) is 15.2. The first-order valence-corrected chi connectivity index (χ1v) is 11.5. The molecular formula is C22H30ClN5O5. The van der Waals surface area contributed by atoms with Crippen molar-refractivity contribution >= 4 is 35.5 Å². The molecule has 0 N–H and O–H groups in total. The first kappa shape index (κ1) is 23.5. The summed E-state index contributed by atoms with van der Waals surface area (Å²) in [6.45, 7) is 11.7. The van der Waals surface area contributed by atoms with Gasteiger partial charge in [0.1, 0.15) is 22.6 Å². The third-order valence-corrected chi connectivity index (χ3v) is 5.87. The van der Waals surface area contributed by atoms with Crippen molar-refractivity contribution in [2.45, 2.75) is 84.2 Å². The molecule has 3 aliphatic heterocycles. The lowest BCUT2D eigenvalue weighted by Gasteiger charge is -2.42. The Bertz CT molecular complexity index is 988. The van der Waals surface area contributed by atoms with Crippen LogP contribution in [0.25, 0.3) is 0 Å². The van der Waals surface area contributed by atoms with Crippen molar-refractivity contribution in [2.24, 2.45) is 0 Å². The van der Waals surface area contributed by atoms with Crippen LogP contribution >= 0.6 is 11.6 Å². The zero-order valence-electron chi connectivity index (χ0n) is 19.8. The van der Waals surface area contributed by atoms with E-state index in [0.29, 0.717) is 24.6 Å². The van der Waals surface area contributed by atoms with Crippen LogP contribution in [0.3, 0.4) is 0 Å². The number of hydrogen-bond acceptors (Lipinski definition) is 8. The molecule has 3 amide bonds. The van der Waals surface area contributed by atoms with Gasteiger partial charge in [-0.15, -0.1) is 0 Å². The third kappa shape index (κ3) is 4.71. The van der Waals surface area contributed by atoms with Gasteiger partial charge in [-0.05, 0) is 66.0 Å². The largest absolute Gasteiger partial charge is 0.444 e. The molecule has 0 aromatic carbocycles. The molecule has 11 heteroatoms. The van der Waals surface area contributed by atoms with Gasteiger partial charge in [0, 0.05) is 13.1 Å². The molecule has 2 bridgehead atoms. The molecule has 2 fully saturated rings. The Hall–Kier alpha value is -2.62. The van der Waals surface area contributed by atoms with E-state index in [1.807, 2.05) is 25.7 Å². The number of carbonyl (C=O) groups is 3. The number of carbonyl (C=O) groups excluding carboxylic acids is 3. The lowest BCUT2D eigenvalue weighted by atomic mass is 10.1. The fourth-order valence-electron chi connectivity index (χ4n) is 4.54. The van der Waals surface area contributed by atoms with E-state index in [1.165, 1.54) is 0 Å². The second-order valence-electron chi connectivity index (χ2n) is 10.7. The van der Waals surface area contributed by atoms with E-state index < -0.39 is 23.2 Å². The van der Waals surface area contributed by atoms with Gasteiger partial charge in [0.25, 0.3) is 5.91 Å². The molecule has 2 saturated heterocycles. The summed E-state index contributed by atoms with van der Waals surface area (Å²) < 4.78 is 11.0. The lowest BCUT2D eigenvalue weighted by Crippen LogP contribution is -2.57. The number of hydrogen-bond donors (Lipinski definition) is 0. The minimum absolute atomic E-state index is 0.00417. The number of aromatic nitrogens is 2. The Balaban J connectivity index is 1.58. The number of ether oxygens (including phenoxy) is 2. The first-order valence-electron chi connectivity index (χ1n) is 11.1. The second-order valence-corrected chi connectivity index (χ2v) is 11.0. The second kappa shape index (κ2) is 8.00. The van der Waals surface area contributed by atoms with Gasteiger partial charge in [0.2, 0.25) is 5.28 Å². The van der Waals surface area contributed by atoms with Crippen LogP contribution in [0.2, 0.25) is 5.28 Å². The molecule has 0 radical (unpaired) electrons. The zero-order valence-corrected chi connectivity index (χ0v) is 20.6. The van der Waals surface area contributed by atoms with Gasteiger partial charge in [-0.2, -0.15) is 4.98 Å². The quantitative estimate of drug-likeness (QED) is 0.562. The molecule has 1 aromatic heterocycles. The van der Waals surface area contributed by atoms with Crippen molar-refractivity contribution < 1.29 is 23.9 Å². The Morgan fingerprint density at radius 1 is 0.939 bits per heavy atom. The number of imide groups is 1. The summed E-state index contributed by atoms with van der Waals surface area (Å²) >= 11 is 6.19. The van der Waals surface area contributed by atoms with E-state index in [-0.39, 0.29) is 35.6 Å². The molecule has 4 heterocycles. The summed E-state index contributed by atoms with van der Waals surface area (Å²) in [7, 11) is 0. The number of rotatable bonds is 1. The molecule has 33 heavy (non-hydrogen) atoms. The third-order valence-electron chi connectivity index (χ3n) is 5.70. The van der Waals surface area contributed by atoms with Gasteiger partial charge in [0.15, 0.2) is 0 Å². The van der Waals surface area contributed by atoms with Crippen LogP contribution in [-0.2, 0) is 16.0 Å². The van der Waals surface area contributed by atoms with Crippen LogP contribution in [-0.4, -0.2) is 74.2 Å². The molecule has 180 valence electrons. The highest BCUT2D eigenvalue weighted by atomic mass is 35.5. The highest BCUT2D eigenvalue weighted by molar-refractivity contribution is 6.28. The van der Waals surface area contributed by atoms with Crippen molar-refractivity contribution in [3.05, 3.63) is 16.5 Å². The maximum absolute atomic E-state index is 13.2. The van der Waals surface area contributed by atoms with Crippen LogP contribution in [0, 0.1) is 0 Å². The Labute approximate surface area is 198 Å². The summed E-state index contributed by atoms with van der Waals surface area (Å²) in [4.78, 5) is 51.9. The molecular weight excluding hydrogens is 450 g/mol. The maximum atomic E-state index is 13.2. The molecule has 0 aliphatic carbocycles. The SMILES string of the molecule is CC(C)(C)OC(=O)N1Cc2nc(Cl)nc(N3CC4CCC(C3)N4C(=O)OC(C)(C)C)c2C1=O. The van der Waals surface area contributed by atoms with E-state index in [2.05, 4.69) is 9.97 Å². The fraction of sp³-hybridized carbons (Fsp3) is 0.682. The number of fused-ring (bicyclic) bond motifs is 3. The van der Waals surface area contributed by atoms with Crippen molar-refractivity contribution in [3.8, 4) is 0 Å². The average molecular weight is 480 g/mol. The van der Waals surface area contributed by atoms with E-state index >= 15 is 0 Å². The van der Waals surface area contributed by atoms with E-state index in [9.17, 15) is 14.4 Å². The predicted molar refractivity (Wildman–Crippen MR) is 120 cm³/mol. The minimum Gasteiger partial charge on any atom is -0.444 e. The van der Waals surface area contributed by atoms with Gasteiger partial charge < -0.3 is 14.4 Å². The normalized spacial score (nSPS) is 22.5. The fourth-order valence-corrected chi connectivity index (χ4v) is 4.72. The summed E-state index contributed by atoms with van der Waals surface area (Å²) in [6.07, 6.45) is 0.605. The van der Waals surface area contributed by atoms with Crippen molar-refractivity contribution in [1.82, 2.24) is 19.8 Å². The van der Waals surface area contributed by atoms with Crippen LogP contribution < -0.4 is 4.90 Å². The maximum Gasteiger partial charge on any atom is 0.417 e. The molecule has 4 rings (SSSR count). The Kier molecular flexibility index (Phi) is 5.71. The topological polar surface area (TPSA) is 105 Å². The molecule has 0 saturated carbocycles. The molecule has 2 unspecified atom stereocenters. The highest BCUT2D eigenvalue weighted by Crippen LogP contribution is 2.37. The van der Waals surface area contributed by atoms with E-state index in [4.69, 9.17) is 21.1 Å². The van der Waals surface area contributed by atoms with Crippen LogP contribution in [0.15, 0.2) is 0 Å². The summed E-state index contributed by atoms with van der Waals surface area (Å²) in [5.41, 5.74) is -0.667. The number of amides is 3. The average Bonchev–Trinajstić information content (AvgIpc) is 3.12. The number of piperazine rings is 1. The molecule has 3 aliphatic rings. The molecule has 1 aromatic rings. The van der Waals surface area contributed by atoms with Crippen LogP contribution in [0.5, 0.6) is 0 Å². The van der Waals surface area contributed by atoms with Gasteiger partial charge in [-0.1, -0.05) is 0 Å². The smallest absolute Gasteiger partial charge is 0.417 e. The van der Waals surface area contributed by atoms with Crippen molar-refractivity contribution in [1.29, 1.82) is 0 Å². The lowest BCUT2D eigenvalue weighted by molar-refractivity contribution is 0.0120. The van der Waals surface area contributed by atoms with Crippen molar-refractivity contribution in [3.63, 3.8) is 0 Å². The van der Waals surface area contributed by atoms with Gasteiger partial charge in [-0.25, -0.2) is 19.5 Å². The van der Waals surface area contributed by atoms with Gasteiger partial charge in [-0.3, -0.25) is 9.69 Å². The van der Waals surface area contributed by atoms with Crippen LogP contribution in [0.4, 0.5) is 15.4 Å². The molecule has 0 spiro atoms. The zero-order chi connectivity index (χ0) is 24.3. The number of nitrogens with zero attached hydrogens (tertiary/aromatic N) is 5. The van der Waals surface area contributed by atoms with Crippen LogP contribution in [0.1, 0.15) is 70.4 Å². The summed E-state index contributed by atoms with van der Waals surface area (Å²) in [6, 6.07) is -0.136. The number of halogens is 1. The Morgan fingerprint density at radius 3 is 2.03 bits per heavy atom. The van der Waals surface area contributed by atoms with Crippen molar-refractivity contribution in [2.75, 3.05) is 18.0 Å². The molecule has 10 nitrogen and oxygen atoms in total. The Morgan fingerprint density at radius 2 is 1.48 bits per heavy atom. The van der Waals surface area contributed by atoms with E-state index in [1.54, 1.807) is 25.7 Å². The number of anilines is 1. The standard InChI is InChI=1S/C22H30ClN5O5/c1-21(2,3)32-19(30)27-11-14-15(17(27)29)16(25-18(23)24-14)26-9-12-7-8-13(10-26)28(12)20(31)33-22(4,5)6/h12-13H,7-11H2,1-6H3. The van der Waals surface area contributed by atoms with E-state index in [0.717, 1.165) is 17.7 Å². The minimum atomic E-state index is -0.741. The van der Waals surface area contributed by atoms with Gasteiger partial charge >= 0.3 is 12.2 Å². The monoisotopic (exact) mass is 479 g/mol. The molecule has 2 atom stereocenters. The highest BCUT2D eigenvalue weighted by Gasteiger charge is 2.47.